The van der Waals surface area contributed by atoms with Gasteiger partial charge in [0.15, 0.2) is 0 Å². The Hall–Kier alpha value is -0.860. The van der Waals surface area contributed by atoms with Gasteiger partial charge in [-0.3, -0.25) is 4.90 Å². The second-order valence-electron chi connectivity index (χ2n) is 6.05. The van der Waals surface area contributed by atoms with Crippen molar-refractivity contribution in [3.8, 4) is 0 Å². The summed E-state index contributed by atoms with van der Waals surface area (Å²) in [6.07, 6.45) is 3.63. The molecule has 1 N–H and O–H groups in total. The van der Waals surface area contributed by atoms with Crippen molar-refractivity contribution in [1.29, 1.82) is 0 Å². The minimum Gasteiger partial charge on any atom is -0.315 e. The summed E-state index contributed by atoms with van der Waals surface area (Å²) in [5, 5.41) is 3.54. The molecule has 0 aromatic heterocycles. The SMILES string of the molecule is CCN(CC)C(C)(C)C(CCCc1ccccc1)NC. The van der Waals surface area contributed by atoms with Crippen LogP contribution in [0, 0.1) is 0 Å². The number of aryl methyl sites for hydroxylation is 1. The van der Waals surface area contributed by atoms with Crippen LogP contribution in [0.4, 0.5) is 0 Å². The molecule has 0 saturated heterocycles. The van der Waals surface area contributed by atoms with Crippen LogP contribution in [0.25, 0.3) is 0 Å². The number of nitrogens with one attached hydrogen (secondary N) is 1. The summed E-state index contributed by atoms with van der Waals surface area (Å²) < 4.78 is 0. The zero-order valence-corrected chi connectivity index (χ0v) is 13.9. The van der Waals surface area contributed by atoms with Crippen LogP contribution in [0.3, 0.4) is 0 Å². The smallest absolute Gasteiger partial charge is 0.0305 e. The monoisotopic (exact) mass is 276 g/mol. The summed E-state index contributed by atoms with van der Waals surface area (Å²) in [6.45, 7) is 11.5. The maximum absolute atomic E-state index is 3.54. The lowest BCUT2D eigenvalue weighted by Gasteiger charge is -2.43. The predicted octanol–water partition coefficient (Wildman–Crippen LogP) is 3.72. The molecule has 1 unspecified atom stereocenters. The van der Waals surface area contributed by atoms with Crippen molar-refractivity contribution >= 4 is 0 Å². The molecule has 0 aliphatic heterocycles. The minimum atomic E-state index is 0.203. The average Bonchev–Trinajstić information content (AvgIpc) is 2.45. The van der Waals surface area contributed by atoms with Crippen LogP contribution >= 0.6 is 0 Å². The van der Waals surface area contributed by atoms with Gasteiger partial charge in [0, 0.05) is 11.6 Å². The fraction of sp³-hybridized carbons (Fsp3) is 0.667. The highest BCUT2D eigenvalue weighted by atomic mass is 15.2. The van der Waals surface area contributed by atoms with Gasteiger partial charge < -0.3 is 5.32 Å². The van der Waals surface area contributed by atoms with Crippen molar-refractivity contribution in [1.82, 2.24) is 10.2 Å². The number of likely N-dealkylation sites (N-methyl/N-ethyl adjacent to an activating group) is 2. The van der Waals surface area contributed by atoms with E-state index in [0.717, 1.165) is 13.1 Å². The molecule has 1 aromatic rings. The Kier molecular flexibility index (Phi) is 7.25. The first-order valence-electron chi connectivity index (χ1n) is 8.02. The molecule has 2 heteroatoms. The van der Waals surface area contributed by atoms with Crippen LogP contribution in [-0.4, -0.2) is 36.6 Å². The van der Waals surface area contributed by atoms with Gasteiger partial charge in [0.2, 0.25) is 0 Å². The van der Waals surface area contributed by atoms with Gasteiger partial charge >= 0.3 is 0 Å². The van der Waals surface area contributed by atoms with Crippen LogP contribution in [0.5, 0.6) is 0 Å². The van der Waals surface area contributed by atoms with Crippen LogP contribution in [0.1, 0.15) is 46.1 Å². The summed E-state index contributed by atoms with van der Waals surface area (Å²) in [6, 6.07) is 11.3. The number of hydrogen-bond acceptors (Lipinski definition) is 2. The van der Waals surface area contributed by atoms with Crippen LogP contribution in [0.15, 0.2) is 30.3 Å². The number of benzene rings is 1. The van der Waals surface area contributed by atoms with Crippen molar-refractivity contribution in [2.75, 3.05) is 20.1 Å². The number of hydrogen-bond donors (Lipinski definition) is 1. The van der Waals surface area contributed by atoms with E-state index in [2.05, 4.69) is 75.3 Å². The quantitative estimate of drug-likeness (QED) is 0.739. The normalized spacial score (nSPS) is 13.7. The second-order valence-corrected chi connectivity index (χ2v) is 6.05. The van der Waals surface area contributed by atoms with Crippen molar-refractivity contribution in [3.63, 3.8) is 0 Å². The van der Waals surface area contributed by atoms with Gasteiger partial charge in [-0.1, -0.05) is 44.2 Å². The van der Waals surface area contributed by atoms with Crippen LogP contribution in [0.2, 0.25) is 0 Å². The zero-order chi connectivity index (χ0) is 15.0. The van der Waals surface area contributed by atoms with E-state index in [0.29, 0.717) is 6.04 Å². The maximum Gasteiger partial charge on any atom is 0.0305 e. The Balaban J connectivity index is 2.54. The largest absolute Gasteiger partial charge is 0.315 e. The predicted molar refractivity (Wildman–Crippen MR) is 89.2 cm³/mol. The summed E-state index contributed by atoms with van der Waals surface area (Å²) in [4.78, 5) is 2.55. The Morgan fingerprint density at radius 1 is 1.10 bits per heavy atom. The molecule has 20 heavy (non-hydrogen) atoms. The molecule has 1 atom stereocenters. The van der Waals surface area contributed by atoms with E-state index in [1.807, 2.05) is 0 Å². The Labute approximate surface area is 125 Å². The van der Waals surface area contributed by atoms with E-state index in [4.69, 9.17) is 0 Å². The third-order valence-corrected chi connectivity index (χ3v) is 4.58. The van der Waals surface area contributed by atoms with E-state index in [1.54, 1.807) is 0 Å². The highest BCUT2D eigenvalue weighted by Crippen LogP contribution is 2.22. The number of nitrogens with zero attached hydrogens (tertiary/aromatic N) is 1. The Bertz CT molecular complexity index is 355. The molecule has 0 fully saturated rings. The molecule has 2 nitrogen and oxygen atoms in total. The van der Waals surface area contributed by atoms with Gasteiger partial charge in [-0.05, 0) is 58.8 Å². The van der Waals surface area contributed by atoms with Gasteiger partial charge in [-0.25, -0.2) is 0 Å². The van der Waals surface area contributed by atoms with Gasteiger partial charge in [-0.15, -0.1) is 0 Å². The Morgan fingerprint density at radius 2 is 1.70 bits per heavy atom. The first-order valence-corrected chi connectivity index (χ1v) is 8.02. The Morgan fingerprint density at radius 3 is 2.20 bits per heavy atom. The maximum atomic E-state index is 3.54. The fourth-order valence-corrected chi connectivity index (χ4v) is 3.26. The molecule has 1 rings (SSSR count). The summed E-state index contributed by atoms with van der Waals surface area (Å²) >= 11 is 0. The first-order chi connectivity index (χ1) is 9.56. The molecule has 1 aromatic carbocycles. The van der Waals surface area contributed by atoms with Crippen molar-refractivity contribution in [2.24, 2.45) is 0 Å². The van der Waals surface area contributed by atoms with E-state index in [9.17, 15) is 0 Å². The lowest BCUT2D eigenvalue weighted by molar-refractivity contribution is 0.0899. The average molecular weight is 276 g/mol. The zero-order valence-electron chi connectivity index (χ0n) is 13.9. The molecule has 0 bridgehead atoms. The third-order valence-electron chi connectivity index (χ3n) is 4.58. The standard InChI is InChI=1S/C18H32N2/c1-6-20(7-2)18(3,4)17(19-5)15-11-14-16-12-9-8-10-13-16/h8-10,12-13,17,19H,6-7,11,14-15H2,1-5H3. The molecule has 0 saturated carbocycles. The first kappa shape index (κ1) is 17.2. The molecule has 0 aliphatic carbocycles. The highest BCUT2D eigenvalue weighted by Gasteiger charge is 2.32. The van der Waals surface area contributed by atoms with Gasteiger partial charge in [0.05, 0.1) is 0 Å². The molecular weight excluding hydrogens is 244 g/mol. The van der Waals surface area contributed by atoms with Crippen molar-refractivity contribution < 1.29 is 0 Å². The van der Waals surface area contributed by atoms with Crippen molar-refractivity contribution in [2.45, 2.75) is 58.5 Å². The van der Waals surface area contributed by atoms with Gasteiger partial charge in [-0.2, -0.15) is 0 Å². The lowest BCUT2D eigenvalue weighted by Crippen LogP contribution is -2.56. The summed E-state index contributed by atoms with van der Waals surface area (Å²) in [7, 11) is 2.10. The van der Waals surface area contributed by atoms with E-state index >= 15 is 0 Å². The molecular formula is C18H32N2. The molecule has 0 amide bonds. The van der Waals surface area contributed by atoms with Gasteiger partial charge in [0.1, 0.15) is 0 Å². The van der Waals surface area contributed by atoms with Crippen LogP contribution < -0.4 is 5.32 Å². The van der Waals surface area contributed by atoms with Crippen LogP contribution in [-0.2, 0) is 6.42 Å². The molecule has 0 radical (unpaired) electrons. The second kappa shape index (κ2) is 8.43. The number of rotatable bonds is 9. The molecule has 0 spiro atoms. The lowest BCUT2D eigenvalue weighted by atomic mass is 9.88. The van der Waals surface area contributed by atoms with Crippen molar-refractivity contribution in [3.05, 3.63) is 35.9 Å². The summed E-state index contributed by atoms with van der Waals surface area (Å²) in [5.74, 6) is 0. The fourth-order valence-electron chi connectivity index (χ4n) is 3.26. The molecule has 0 heterocycles. The highest BCUT2D eigenvalue weighted by molar-refractivity contribution is 5.14. The third kappa shape index (κ3) is 4.60. The topological polar surface area (TPSA) is 15.3 Å². The molecule has 0 aliphatic rings. The summed E-state index contributed by atoms with van der Waals surface area (Å²) in [5.41, 5.74) is 1.65. The van der Waals surface area contributed by atoms with Gasteiger partial charge in [0.25, 0.3) is 0 Å². The van der Waals surface area contributed by atoms with E-state index in [-0.39, 0.29) is 5.54 Å². The molecule has 114 valence electrons. The minimum absolute atomic E-state index is 0.203. The van der Waals surface area contributed by atoms with E-state index < -0.39 is 0 Å². The van der Waals surface area contributed by atoms with E-state index in [1.165, 1.54) is 24.8 Å².